The molecule has 1 N–H and O–H groups in total. The van der Waals surface area contributed by atoms with Crippen LogP contribution in [0.3, 0.4) is 0 Å². The molecule has 0 spiro atoms. The molecule has 5 nitrogen and oxygen atoms in total. The summed E-state index contributed by atoms with van der Waals surface area (Å²) in [5, 5.41) is 5.45. The van der Waals surface area contributed by atoms with E-state index in [0.29, 0.717) is 22.8 Å². The highest BCUT2D eigenvalue weighted by molar-refractivity contribution is 7.13. The van der Waals surface area contributed by atoms with Crippen molar-refractivity contribution < 1.29 is 13.6 Å². The number of thiazole rings is 1. The van der Waals surface area contributed by atoms with Gasteiger partial charge in [-0.2, -0.15) is 0 Å². The number of likely N-dealkylation sites (N-methyl/N-ethyl adjacent to an activating group) is 1. The number of nitrogens with one attached hydrogen (secondary N) is 1. The fourth-order valence-electron chi connectivity index (χ4n) is 2.60. The van der Waals surface area contributed by atoms with Gasteiger partial charge in [-0.05, 0) is 38.4 Å². The summed E-state index contributed by atoms with van der Waals surface area (Å²) in [6.45, 7) is 0.445. The van der Waals surface area contributed by atoms with E-state index >= 15 is 0 Å². The molecule has 0 aliphatic carbocycles. The predicted molar refractivity (Wildman–Crippen MR) is 99.4 cm³/mol. The van der Waals surface area contributed by atoms with Crippen molar-refractivity contribution >= 4 is 17.2 Å². The second kappa shape index (κ2) is 8.25. The van der Waals surface area contributed by atoms with Crippen LogP contribution in [-0.4, -0.2) is 36.4 Å². The molecule has 26 heavy (non-hydrogen) atoms. The Balaban J connectivity index is 1.58. The molecule has 136 valence electrons. The number of nitrogens with zero attached hydrogens (tertiary/aromatic N) is 2. The largest absolute Gasteiger partial charge is 0.468 e. The molecule has 0 aliphatic heterocycles. The van der Waals surface area contributed by atoms with Crippen molar-refractivity contribution in [3.05, 3.63) is 65.3 Å². The fourth-order valence-corrected chi connectivity index (χ4v) is 3.42. The smallest absolute Gasteiger partial charge is 0.226 e. The average molecular weight is 373 g/mol. The minimum atomic E-state index is -0.301. The van der Waals surface area contributed by atoms with Gasteiger partial charge in [-0.1, -0.05) is 12.1 Å². The molecule has 7 heteroatoms. The highest BCUT2D eigenvalue weighted by Crippen LogP contribution is 2.24. The Labute approximate surface area is 155 Å². The number of amides is 1. The lowest BCUT2D eigenvalue weighted by molar-refractivity contribution is -0.120. The van der Waals surface area contributed by atoms with Crippen molar-refractivity contribution in [3.63, 3.8) is 0 Å². The maximum Gasteiger partial charge on any atom is 0.226 e. The van der Waals surface area contributed by atoms with E-state index in [1.807, 2.05) is 36.5 Å². The Hall–Kier alpha value is -2.51. The Bertz CT molecular complexity index is 861. The summed E-state index contributed by atoms with van der Waals surface area (Å²) in [5.74, 6) is 0.390. The summed E-state index contributed by atoms with van der Waals surface area (Å²) in [6, 6.07) is 9.97. The molecule has 0 saturated carbocycles. The van der Waals surface area contributed by atoms with Crippen molar-refractivity contribution in [1.82, 2.24) is 15.2 Å². The van der Waals surface area contributed by atoms with E-state index < -0.39 is 0 Å². The number of rotatable bonds is 7. The summed E-state index contributed by atoms with van der Waals surface area (Å²) < 4.78 is 18.8. The SMILES string of the molecule is CN(C)C(CNC(=O)Cc1csc(-c2cccc(F)c2)n1)c1ccco1. The second-order valence-corrected chi connectivity index (χ2v) is 6.99. The molecule has 0 aliphatic rings. The third-order valence-corrected chi connectivity index (χ3v) is 4.89. The summed E-state index contributed by atoms with van der Waals surface area (Å²) in [4.78, 5) is 18.7. The van der Waals surface area contributed by atoms with Crippen molar-refractivity contribution in [2.75, 3.05) is 20.6 Å². The van der Waals surface area contributed by atoms with Gasteiger partial charge in [0, 0.05) is 17.5 Å². The van der Waals surface area contributed by atoms with Crippen molar-refractivity contribution in [3.8, 4) is 10.6 Å². The molecule has 0 saturated heterocycles. The number of hydrogen-bond donors (Lipinski definition) is 1. The highest BCUT2D eigenvalue weighted by atomic mass is 32.1. The van der Waals surface area contributed by atoms with E-state index in [1.165, 1.54) is 23.5 Å². The van der Waals surface area contributed by atoms with Crippen LogP contribution >= 0.6 is 11.3 Å². The van der Waals surface area contributed by atoms with E-state index in [-0.39, 0.29) is 24.2 Å². The van der Waals surface area contributed by atoms with Gasteiger partial charge in [0.25, 0.3) is 0 Å². The molecule has 0 bridgehead atoms. The van der Waals surface area contributed by atoms with Gasteiger partial charge in [-0.3, -0.25) is 9.69 Å². The molecular weight excluding hydrogens is 353 g/mol. The van der Waals surface area contributed by atoms with Crippen LogP contribution in [0.5, 0.6) is 0 Å². The van der Waals surface area contributed by atoms with Gasteiger partial charge in [-0.15, -0.1) is 11.3 Å². The van der Waals surface area contributed by atoms with Crippen molar-refractivity contribution in [2.24, 2.45) is 0 Å². The summed E-state index contributed by atoms with van der Waals surface area (Å²) in [6.07, 6.45) is 1.81. The lowest BCUT2D eigenvalue weighted by Gasteiger charge is -2.22. The van der Waals surface area contributed by atoms with Crippen LogP contribution in [0.25, 0.3) is 10.6 Å². The first-order valence-electron chi connectivity index (χ1n) is 8.20. The third-order valence-electron chi connectivity index (χ3n) is 3.95. The van der Waals surface area contributed by atoms with E-state index in [0.717, 1.165) is 5.76 Å². The van der Waals surface area contributed by atoms with Crippen LogP contribution in [0.2, 0.25) is 0 Å². The zero-order valence-electron chi connectivity index (χ0n) is 14.6. The number of furan rings is 1. The zero-order valence-corrected chi connectivity index (χ0v) is 15.4. The Morgan fingerprint density at radius 1 is 1.35 bits per heavy atom. The molecule has 2 aromatic heterocycles. The van der Waals surface area contributed by atoms with Gasteiger partial charge in [0.2, 0.25) is 5.91 Å². The number of hydrogen-bond acceptors (Lipinski definition) is 5. The lowest BCUT2D eigenvalue weighted by atomic mass is 10.2. The normalized spacial score (nSPS) is 12.3. The predicted octanol–water partition coefficient (Wildman–Crippen LogP) is 3.50. The van der Waals surface area contributed by atoms with Gasteiger partial charge >= 0.3 is 0 Å². The maximum atomic E-state index is 13.3. The van der Waals surface area contributed by atoms with Crippen LogP contribution in [0, 0.1) is 5.82 Å². The summed E-state index contributed by atoms with van der Waals surface area (Å²) in [5.41, 5.74) is 1.39. The third kappa shape index (κ3) is 4.56. The van der Waals surface area contributed by atoms with Crippen LogP contribution in [0.1, 0.15) is 17.5 Å². The quantitative estimate of drug-likeness (QED) is 0.689. The molecule has 0 radical (unpaired) electrons. The van der Waals surface area contributed by atoms with Crippen LogP contribution < -0.4 is 5.32 Å². The minimum absolute atomic E-state index is 0.0350. The molecule has 1 amide bonds. The molecule has 3 aromatic rings. The van der Waals surface area contributed by atoms with Crippen molar-refractivity contribution in [2.45, 2.75) is 12.5 Å². The van der Waals surface area contributed by atoms with Gasteiger partial charge < -0.3 is 9.73 Å². The molecule has 3 rings (SSSR count). The second-order valence-electron chi connectivity index (χ2n) is 6.13. The Morgan fingerprint density at radius 3 is 2.88 bits per heavy atom. The van der Waals surface area contributed by atoms with Crippen LogP contribution in [-0.2, 0) is 11.2 Å². The average Bonchev–Trinajstić information content (AvgIpc) is 3.27. The standard InChI is InChI=1S/C19H20FN3O2S/c1-23(2)16(17-7-4-8-25-17)11-21-18(24)10-15-12-26-19(22-15)13-5-3-6-14(20)9-13/h3-9,12,16H,10-11H2,1-2H3,(H,21,24). The van der Waals surface area contributed by atoms with Gasteiger partial charge in [0.1, 0.15) is 16.6 Å². The van der Waals surface area contributed by atoms with E-state index in [2.05, 4.69) is 10.3 Å². The summed E-state index contributed by atoms with van der Waals surface area (Å²) >= 11 is 1.40. The molecule has 1 atom stereocenters. The highest BCUT2D eigenvalue weighted by Gasteiger charge is 2.18. The fraction of sp³-hybridized carbons (Fsp3) is 0.263. The number of halogens is 1. The van der Waals surface area contributed by atoms with Crippen LogP contribution in [0.15, 0.2) is 52.5 Å². The summed E-state index contributed by atoms with van der Waals surface area (Å²) in [7, 11) is 3.87. The molecule has 1 unspecified atom stereocenters. The number of benzene rings is 1. The Morgan fingerprint density at radius 2 is 2.19 bits per heavy atom. The van der Waals surface area contributed by atoms with E-state index in [4.69, 9.17) is 4.42 Å². The first-order valence-corrected chi connectivity index (χ1v) is 9.08. The van der Waals surface area contributed by atoms with Crippen LogP contribution in [0.4, 0.5) is 4.39 Å². The van der Waals surface area contributed by atoms with Crippen molar-refractivity contribution in [1.29, 1.82) is 0 Å². The molecule has 0 fully saturated rings. The van der Waals surface area contributed by atoms with Gasteiger partial charge in [0.05, 0.1) is 24.4 Å². The number of aromatic nitrogens is 1. The van der Waals surface area contributed by atoms with Gasteiger partial charge in [0.15, 0.2) is 0 Å². The number of carbonyl (C=O) groups is 1. The lowest BCUT2D eigenvalue weighted by Crippen LogP contribution is -2.35. The number of carbonyl (C=O) groups excluding carboxylic acids is 1. The minimum Gasteiger partial charge on any atom is -0.468 e. The van der Waals surface area contributed by atoms with Gasteiger partial charge in [-0.25, -0.2) is 9.37 Å². The molecular formula is C19H20FN3O2S. The topological polar surface area (TPSA) is 58.4 Å². The molecule has 2 heterocycles. The first kappa shape index (κ1) is 18.3. The van der Waals surface area contributed by atoms with E-state index in [1.54, 1.807) is 18.4 Å². The first-order chi connectivity index (χ1) is 12.5. The Kier molecular flexibility index (Phi) is 5.80. The van der Waals surface area contributed by atoms with E-state index in [9.17, 15) is 9.18 Å². The maximum absolute atomic E-state index is 13.3. The monoisotopic (exact) mass is 373 g/mol. The zero-order chi connectivity index (χ0) is 18.5. The molecule has 1 aromatic carbocycles.